The molecular weight excluding hydrogens is 343 g/mol. The van der Waals surface area contributed by atoms with E-state index in [0.717, 1.165) is 0 Å². The summed E-state index contributed by atoms with van der Waals surface area (Å²) >= 11 is 0. The van der Waals surface area contributed by atoms with Crippen molar-refractivity contribution in [2.24, 2.45) is 0 Å². The Kier molecular flexibility index (Phi) is 5.23. The van der Waals surface area contributed by atoms with Gasteiger partial charge in [0.25, 0.3) is 5.91 Å². The Hall–Kier alpha value is -3.27. The van der Waals surface area contributed by atoms with E-state index in [-0.39, 0.29) is 35.9 Å². The molecular formula is C16H17FN6O3. The van der Waals surface area contributed by atoms with E-state index >= 15 is 0 Å². The number of aromatic nitrogens is 4. The van der Waals surface area contributed by atoms with Crippen molar-refractivity contribution >= 4 is 23.1 Å². The van der Waals surface area contributed by atoms with Crippen LogP contribution in [0.5, 0.6) is 5.75 Å². The standard InChI is InChI=1S/C16H17FN6O3/c17-8-10-3-5-23-15(20-10)13(14(18)22-23)16(25)21-11-9-19-4-2-12(11)26-7-1-6-24/h2-5,9,24H,1,6-8H2,(H2,18,22)(H,21,25). The average Bonchev–Trinajstić information content (AvgIpc) is 2.98. The lowest BCUT2D eigenvalue weighted by molar-refractivity contribution is 0.102. The zero-order valence-electron chi connectivity index (χ0n) is 13.7. The van der Waals surface area contributed by atoms with Crippen molar-refractivity contribution in [2.75, 3.05) is 24.3 Å². The quantitative estimate of drug-likeness (QED) is 0.540. The van der Waals surface area contributed by atoms with Crippen LogP contribution in [0.25, 0.3) is 5.65 Å². The highest BCUT2D eigenvalue weighted by Gasteiger charge is 2.21. The molecule has 0 atom stereocenters. The molecule has 26 heavy (non-hydrogen) atoms. The number of aliphatic hydroxyl groups excluding tert-OH is 1. The summed E-state index contributed by atoms with van der Waals surface area (Å²) in [6.45, 7) is -0.494. The first-order valence-electron chi connectivity index (χ1n) is 7.82. The molecule has 0 spiro atoms. The molecule has 136 valence electrons. The van der Waals surface area contributed by atoms with Crippen LogP contribution in [0.1, 0.15) is 22.5 Å². The van der Waals surface area contributed by atoms with Gasteiger partial charge in [-0.2, -0.15) is 0 Å². The van der Waals surface area contributed by atoms with Gasteiger partial charge in [0.15, 0.2) is 11.5 Å². The summed E-state index contributed by atoms with van der Waals surface area (Å²) in [5.41, 5.74) is 6.52. The number of halogens is 1. The number of amides is 1. The van der Waals surface area contributed by atoms with E-state index < -0.39 is 12.6 Å². The van der Waals surface area contributed by atoms with Gasteiger partial charge in [-0.3, -0.25) is 9.78 Å². The number of nitrogens with two attached hydrogens (primary N) is 1. The normalized spacial score (nSPS) is 10.8. The zero-order valence-corrected chi connectivity index (χ0v) is 13.7. The van der Waals surface area contributed by atoms with Gasteiger partial charge in [0.05, 0.1) is 18.5 Å². The molecule has 9 nitrogen and oxygen atoms in total. The minimum Gasteiger partial charge on any atom is -0.491 e. The van der Waals surface area contributed by atoms with Crippen molar-refractivity contribution in [2.45, 2.75) is 13.1 Å². The van der Waals surface area contributed by atoms with Gasteiger partial charge in [-0.25, -0.2) is 13.9 Å². The van der Waals surface area contributed by atoms with Crippen LogP contribution in [0.3, 0.4) is 0 Å². The first-order valence-corrected chi connectivity index (χ1v) is 7.82. The van der Waals surface area contributed by atoms with E-state index in [1.165, 1.54) is 29.2 Å². The first kappa shape index (κ1) is 17.5. The maximum atomic E-state index is 12.9. The number of fused-ring (bicyclic) bond motifs is 1. The average molecular weight is 360 g/mol. The van der Waals surface area contributed by atoms with Crippen molar-refractivity contribution < 1.29 is 19.0 Å². The number of nitrogens with zero attached hydrogens (tertiary/aromatic N) is 4. The van der Waals surface area contributed by atoms with Crippen molar-refractivity contribution in [3.8, 4) is 5.75 Å². The summed E-state index contributed by atoms with van der Waals surface area (Å²) in [4.78, 5) is 20.7. The van der Waals surface area contributed by atoms with E-state index in [9.17, 15) is 9.18 Å². The number of pyridine rings is 1. The minimum absolute atomic E-state index is 0.00567. The number of carbonyl (C=O) groups excluding carboxylic acids is 1. The van der Waals surface area contributed by atoms with Gasteiger partial charge >= 0.3 is 0 Å². The lowest BCUT2D eigenvalue weighted by Crippen LogP contribution is -2.15. The summed E-state index contributed by atoms with van der Waals surface area (Å²) in [5, 5.41) is 15.5. The summed E-state index contributed by atoms with van der Waals surface area (Å²) in [6, 6.07) is 3.04. The van der Waals surface area contributed by atoms with Crippen LogP contribution in [0.2, 0.25) is 0 Å². The minimum atomic E-state index is -0.770. The van der Waals surface area contributed by atoms with E-state index in [1.807, 2.05) is 0 Å². The molecule has 0 aliphatic heterocycles. The Morgan fingerprint density at radius 1 is 1.42 bits per heavy atom. The number of hydrogen-bond donors (Lipinski definition) is 3. The third-order valence-electron chi connectivity index (χ3n) is 3.52. The highest BCUT2D eigenvalue weighted by atomic mass is 19.1. The molecule has 10 heteroatoms. The summed E-state index contributed by atoms with van der Waals surface area (Å²) in [6.07, 6.45) is 4.88. The Balaban J connectivity index is 1.89. The fourth-order valence-corrected chi connectivity index (χ4v) is 2.31. The van der Waals surface area contributed by atoms with E-state index in [2.05, 4.69) is 20.4 Å². The van der Waals surface area contributed by atoms with E-state index in [0.29, 0.717) is 17.9 Å². The summed E-state index contributed by atoms with van der Waals surface area (Å²) in [7, 11) is 0. The van der Waals surface area contributed by atoms with Gasteiger partial charge < -0.3 is 20.9 Å². The number of hydrogen-bond acceptors (Lipinski definition) is 7. The molecule has 0 fully saturated rings. The van der Waals surface area contributed by atoms with Crippen LogP contribution in [-0.2, 0) is 6.67 Å². The number of nitrogens with one attached hydrogen (secondary N) is 1. The second-order valence-electron chi connectivity index (χ2n) is 5.33. The van der Waals surface area contributed by atoms with Crippen molar-refractivity contribution in [1.82, 2.24) is 19.6 Å². The molecule has 3 aromatic heterocycles. The summed E-state index contributed by atoms with van der Waals surface area (Å²) < 4.78 is 19.7. The number of nitrogen functional groups attached to an aromatic ring is 1. The van der Waals surface area contributed by atoms with Gasteiger partial charge in [-0.1, -0.05) is 0 Å². The molecule has 0 unspecified atom stereocenters. The van der Waals surface area contributed by atoms with E-state index in [4.69, 9.17) is 15.6 Å². The molecule has 3 heterocycles. The van der Waals surface area contributed by atoms with Crippen LogP contribution in [-0.4, -0.2) is 43.8 Å². The third kappa shape index (κ3) is 3.54. The number of carbonyl (C=O) groups is 1. The number of anilines is 2. The zero-order chi connectivity index (χ0) is 18.5. The fourth-order valence-electron chi connectivity index (χ4n) is 2.31. The molecule has 0 aliphatic carbocycles. The van der Waals surface area contributed by atoms with Crippen LogP contribution >= 0.6 is 0 Å². The third-order valence-corrected chi connectivity index (χ3v) is 3.52. The molecule has 0 aliphatic rings. The molecule has 0 radical (unpaired) electrons. The second kappa shape index (κ2) is 7.74. The Bertz CT molecular complexity index is 929. The van der Waals surface area contributed by atoms with E-state index in [1.54, 1.807) is 6.07 Å². The lowest BCUT2D eigenvalue weighted by Gasteiger charge is -2.11. The van der Waals surface area contributed by atoms with Crippen LogP contribution in [0, 0.1) is 0 Å². The maximum absolute atomic E-state index is 12.9. The number of aliphatic hydroxyl groups is 1. The maximum Gasteiger partial charge on any atom is 0.263 e. The van der Waals surface area contributed by atoms with Gasteiger partial charge in [0.2, 0.25) is 0 Å². The Labute approximate surface area is 147 Å². The van der Waals surface area contributed by atoms with Gasteiger partial charge in [0.1, 0.15) is 23.7 Å². The predicted octanol–water partition coefficient (Wildman–Crippen LogP) is 1.19. The van der Waals surface area contributed by atoms with Gasteiger partial charge in [-0.15, -0.1) is 5.10 Å². The molecule has 1 amide bonds. The smallest absolute Gasteiger partial charge is 0.263 e. The van der Waals surface area contributed by atoms with Crippen molar-refractivity contribution in [1.29, 1.82) is 0 Å². The van der Waals surface area contributed by atoms with Crippen LogP contribution in [0.15, 0.2) is 30.7 Å². The fraction of sp³-hybridized carbons (Fsp3) is 0.250. The lowest BCUT2D eigenvalue weighted by atomic mass is 10.2. The molecule has 0 bridgehead atoms. The first-order chi connectivity index (χ1) is 12.6. The molecule has 0 saturated carbocycles. The molecule has 4 N–H and O–H groups in total. The number of ether oxygens (including phenoxy) is 1. The summed E-state index contributed by atoms with van der Waals surface area (Å²) in [5.74, 6) is -0.201. The molecule has 3 rings (SSSR count). The number of alkyl halides is 1. The van der Waals surface area contributed by atoms with Crippen LogP contribution in [0.4, 0.5) is 15.9 Å². The highest BCUT2D eigenvalue weighted by Crippen LogP contribution is 2.25. The largest absolute Gasteiger partial charge is 0.491 e. The van der Waals surface area contributed by atoms with Crippen molar-refractivity contribution in [3.05, 3.63) is 42.0 Å². The molecule has 0 saturated heterocycles. The highest BCUT2D eigenvalue weighted by molar-refractivity contribution is 6.11. The predicted molar refractivity (Wildman–Crippen MR) is 91.6 cm³/mol. The second-order valence-corrected chi connectivity index (χ2v) is 5.33. The molecule has 3 aromatic rings. The molecule has 0 aromatic carbocycles. The number of rotatable bonds is 7. The van der Waals surface area contributed by atoms with Crippen LogP contribution < -0.4 is 15.8 Å². The Morgan fingerprint density at radius 3 is 3.04 bits per heavy atom. The Morgan fingerprint density at radius 2 is 2.27 bits per heavy atom. The van der Waals surface area contributed by atoms with Gasteiger partial charge in [0, 0.05) is 31.5 Å². The van der Waals surface area contributed by atoms with Crippen molar-refractivity contribution in [3.63, 3.8) is 0 Å². The SMILES string of the molecule is Nc1nn2ccc(CF)nc2c1C(=O)Nc1cnccc1OCCCO. The monoisotopic (exact) mass is 360 g/mol. The topological polar surface area (TPSA) is 128 Å². The van der Waals surface area contributed by atoms with Gasteiger partial charge in [-0.05, 0) is 6.07 Å².